The molecule has 0 unspecified atom stereocenters. The number of thioether (sulfide) groups is 1. The Labute approximate surface area is 261 Å². The third kappa shape index (κ3) is 8.48. The largest absolute Gasteiger partial charge is 1.00 e. The average molecular weight is 581 g/mol. The second kappa shape index (κ2) is 15.6. The fraction of sp³-hybridized carbons (Fsp3) is 0.212. The summed E-state index contributed by atoms with van der Waals surface area (Å²) in [5.41, 5.74) is 4.83. The van der Waals surface area contributed by atoms with E-state index in [9.17, 15) is 23.5 Å². The fourth-order valence-electron chi connectivity index (χ4n) is 4.66. The number of halogens is 2. The number of anilines is 1. The van der Waals surface area contributed by atoms with E-state index in [1.807, 2.05) is 84.8 Å². The summed E-state index contributed by atoms with van der Waals surface area (Å²) in [6.45, 7) is 2.51. The van der Waals surface area contributed by atoms with Gasteiger partial charge < -0.3 is 20.1 Å². The van der Waals surface area contributed by atoms with Crippen molar-refractivity contribution in [2.45, 2.75) is 32.5 Å². The molecule has 1 atom stereocenters. The molecule has 4 aromatic rings. The van der Waals surface area contributed by atoms with Crippen molar-refractivity contribution in [3.63, 3.8) is 0 Å². The van der Waals surface area contributed by atoms with E-state index in [0.29, 0.717) is 29.0 Å². The van der Waals surface area contributed by atoms with Crippen LogP contribution in [0.1, 0.15) is 33.5 Å². The molecule has 0 fully saturated rings. The summed E-state index contributed by atoms with van der Waals surface area (Å²) in [6, 6.07) is 25.0. The molecule has 1 amide bonds. The van der Waals surface area contributed by atoms with Crippen molar-refractivity contribution in [3.05, 3.63) is 125 Å². The van der Waals surface area contributed by atoms with Crippen LogP contribution in [-0.4, -0.2) is 29.9 Å². The molecule has 0 saturated heterocycles. The smallest absolute Gasteiger partial charge is 0.548 e. The summed E-state index contributed by atoms with van der Waals surface area (Å²) in [7, 11) is 0. The van der Waals surface area contributed by atoms with E-state index < -0.39 is 29.6 Å². The Kier molecular flexibility index (Phi) is 12.2. The van der Waals surface area contributed by atoms with E-state index >= 15 is 0 Å². The molecular formula is C33H31F2LiN2O3S. The van der Waals surface area contributed by atoms with Gasteiger partial charge in [0.15, 0.2) is 0 Å². The van der Waals surface area contributed by atoms with Gasteiger partial charge in [0.2, 0.25) is 0 Å². The topological polar surface area (TPSA) is 72.5 Å². The predicted molar refractivity (Wildman–Crippen MR) is 159 cm³/mol. The number of aryl methyl sites for hydroxylation is 1. The normalized spacial score (nSPS) is 11.3. The minimum absolute atomic E-state index is 0. The Morgan fingerprint density at radius 3 is 2.29 bits per heavy atom. The van der Waals surface area contributed by atoms with Crippen molar-refractivity contribution in [2.75, 3.05) is 16.9 Å². The van der Waals surface area contributed by atoms with Crippen molar-refractivity contribution in [1.82, 2.24) is 5.32 Å². The monoisotopic (exact) mass is 580 g/mol. The molecule has 4 rings (SSSR count). The molecule has 1 N–H and O–H groups in total. The molecule has 0 aliphatic rings. The van der Waals surface area contributed by atoms with E-state index in [0.717, 1.165) is 28.4 Å². The molecule has 0 heterocycles. The molecule has 0 saturated carbocycles. The number of nitrogens with one attached hydrogen (secondary N) is 1. The van der Waals surface area contributed by atoms with Gasteiger partial charge in [0.05, 0.1) is 12.0 Å². The number of aliphatic carboxylic acids is 1. The SMILES string of the molecule is CSCC[C@H](NC(=O)c1ccc(CN(Cc2ccc(F)cc2F)c2ccccc2)cc1-c1ccccc1C)C(=O)[O-].[Li+]. The Morgan fingerprint density at radius 1 is 0.905 bits per heavy atom. The molecule has 0 aliphatic heterocycles. The van der Waals surface area contributed by atoms with Gasteiger partial charge >= 0.3 is 18.9 Å². The van der Waals surface area contributed by atoms with Crippen molar-refractivity contribution in [3.8, 4) is 11.1 Å². The van der Waals surface area contributed by atoms with Crippen LogP contribution in [0.25, 0.3) is 11.1 Å². The molecule has 212 valence electrons. The fourth-order valence-corrected chi connectivity index (χ4v) is 5.13. The number of nitrogens with zero attached hydrogens (tertiary/aromatic N) is 1. The minimum Gasteiger partial charge on any atom is -0.548 e. The Bertz CT molecular complexity index is 1520. The third-order valence-corrected chi connectivity index (χ3v) is 7.48. The number of hydrogen-bond acceptors (Lipinski definition) is 5. The second-order valence-corrected chi connectivity index (χ2v) is 10.7. The molecule has 0 radical (unpaired) electrons. The maximum atomic E-state index is 14.6. The number of carboxylic acids is 1. The van der Waals surface area contributed by atoms with Gasteiger partial charge in [-0.25, -0.2) is 8.78 Å². The first-order chi connectivity index (χ1) is 19.8. The standard InChI is InChI=1S/C33H32F2N2O3S.Li/c1-22-8-6-7-11-27(22)29-18-23(12-15-28(29)32(38)36-31(33(39)40)16-17-41-2)20-37(26-9-4-3-5-10-26)21-24-13-14-25(34)19-30(24)35;/h3-15,18-19,31H,16-17,20-21H2,1-2H3,(H,36,38)(H,39,40);/q;+1/p-1/t31-;/m0./s1. The van der Waals surface area contributed by atoms with Crippen molar-refractivity contribution >= 4 is 29.3 Å². The van der Waals surface area contributed by atoms with E-state index in [1.165, 1.54) is 23.9 Å². The summed E-state index contributed by atoms with van der Waals surface area (Å²) in [5, 5.41) is 14.3. The van der Waals surface area contributed by atoms with E-state index in [4.69, 9.17) is 0 Å². The van der Waals surface area contributed by atoms with Gasteiger partial charge in [-0.2, -0.15) is 11.8 Å². The molecule has 9 heteroatoms. The van der Waals surface area contributed by atoms with Crippen LogP contribution in [0, 0.1) is 18.6 Å². The van der Waals surface area contributed by atoms with Gasteiger partial charge in [-0.3, -0.25) is 4.79 Å². The number of carboxylic acid groups (broad SMARTS) is 1. The van der Waals surface area contributed by atoms with Gasteiger partial charge in [-0.1, -0.05) is 54.6 Å². The molecule has 4 aromatic carbocycles. The number of carbonyl (C=O) groups is 2. The minimum atomic E-state index is -1.33. The van der Waals surface area contributed by atoms with Crippen molar-refractivity contribution < 1.29 is 42.3 Å². The molecule has 0 aliphatic carbocycles. The van der Waals surface area contributed by atoms with Crippen LogP contribution in [0.5, 0.6) is 0 Å². The Hall–Kier alpha value is -3.57. The first kappa shape index (κ1) is 32.9. The summed E-state index contributed by atoms with van der Waals surface area (Å²) >= 11 is 1.49. The molecule has 0 bridgehead atoms. The number of carbonyl (C=O) groups excluding carboxylic acids is 2. The number of amides is 1. The Morgan fingerprint density at radius 2 is 1.62 bits per heavy atom. The quantitative estimate of drug-likeness (QED) is 0.261. The first-order valence-electron chi connectivity index (χ1n) is 13.2. The summed E-state index contributed by atoms with van der Waals surface area (Å²) in [6.07, 6.45) is 2.12. The predicted octanol–water partition coefficient (Wildman–Crippen LogP) is 2.75. The summed E-state index contributed by atoms with van der Waals surface area (Å²) in [5.74, 6) is -2.52. The molecule has 42 heavy (non-hydrogen) atoms. The van der Waals surface area contributed by atoms with Crippen LogP contribution in [0.3, 0.4) is 0 Å². The van der Waals surface area contributed by atoms with E-state index in [2.05, 4.69) is 5.32 Å². The Balaban J connectivity index is 0.00000484. The van der Waals surface area contributed by atoms with Crippen molar-refractivity contribution in [2.24, 2.45) is 0 Å². The van der Waals surface area contributed by atoms with Crippen LogP contribution in [0.15, 0.2) is 91.0 Å². The molecule has 5 nitrogen and oxygen atoms in total. The molecular weight excluding hydrogens is 549 g/mol. The van der Waals surface area contributed by atoms with E-state index in [1.54, 1.807) is 6.07 Å². The van der Waals surface area contributed by atoms with Gasteiger partial charge in [-0.15, -0.1) is 0 Å². The van der Waals surface area contributed by atoms with Crippen molar-refractivity contribution in [1.29, 1.82) is 0 Å². The van der Waals surface area contributed by atoms with Gasteiger partial charge in [0.25, 0.3) is 5.91 Å². The third-order valence-electron chi connectivity index (χ3n) is 6.84. The number of rotatable bonds is 12. The zero-order valence-corrected chi connectivity index (χ0v) is 24.7. The average Bonchev–Trinajstić information content (AvgIpc) is 2.96. The van der Waals surface area contributed by atoms with Gasteiger partial charge in [0, 0.05) is 36.0 Å². The van der Waals surface area contributed by atoms with Crippen LogP contribution < -0.4 is 34.2 Å². The number of hydrogen-bond donors (Lipinski definition) is 1. The number of para-hydroxylation sites is 1. The van der Waals surface area contributed by atoms with Crippen LogP contribution in [-0.2, 0) is 17.9 Å². The zero-order chi connectivity index (χ0) is 29.4. The second-order valence-electron chi connectivity index (χ2n) is 9.75. The van der Waals surface area contributed by atoms with Gasteiger partial charge in [-0.05, 0) is 77.9 Å². The van der Waals surface area contributed by atoms with Crippen LogP contribution in [0.4, 0.5) is 14.5 Å². The molecule has 0 aromatic heterocycles. The van der Waals surface area contributed by atoms with Crippen LogP contribution in [0.2, 0.25) is 0 Å². The maximum Gasteiger partial charge on any atom is 1.00 e. The summed E-state index contributed by atoms with van der Waals surface area (Å²) < 4.78 is 28.2. The summed E-state index contributed by atoms with van der Waals surface area (Å²) in [4.78, 5) is 27.1. The van der Waals surface area contributed by atoms with Gasteiger partial charge in [0.1, 0.15) is 11.6 Å². The molecule has 0 spiro atoms. The zero-order valence-electron chi connectivity index (χ0n) is 23.9. The number of benzene rings is 4. The first-order valence-corrected chi connectivity index (χ1v) is 14.6. The maximum absolute atomic E-state index is 14.6. The van der Waals surface area contributed by atoms with Crippen LogP contribution >= 0.6 is 11.8 Å². The van der Waals surface area contributed by atoms with E-state index in [-0.39, 0.29) is 31.8 Å².